The van der Waals surface area contributed by atoms with E-state index in [4.69, 9.17) is 18.9 Å². The van der Waals surface area contributed by atoms with Crippen LogP contribution >= 0.6 is 0 Å². The van der Waals surface area contributed by atoms with Crippen LogP contribution in [-0.2, 0) is 19.1 Å². The number of carbonyl (C=O) groups is 3. The summed E-state index contributed by atoms with van der Waals surface area (Å²) in [5.74, 6) is 0.601. The van der Waals surface area contributed by atoms with E-state index in [1.165, 1.54) is 39.0 Å². The third-order valence-electron chi connectivity index (χ3n) is 8.28. The highest BCUT2D eigenvalue weighted by Gasteiger charge is 2.39. The maximum atomic E-state index is 13.4. The van der Waals surface area contributed by atoms with Crippen molar-refractivity contribution in [2.45, 2.75) is 105 Å². The molecule has 2 heterocycles. The van der Waals surface area contributed by atoms with Crippen LogP contribution in [0.3, 0.4) is 0 Å². The van der Waals surface area contributed by atoms with Crippen LogP contribution in [0.5, 0.6) is 11.5 Å². The smallest absolute Gasteiger partial charge is 0.328 e. The van der Waals surface area contributed by atoms with Crippen molar-refractivity contribution >= 4 is 17.8 Å². The Balaban J connectivity index is 1.75. The van der Waals surface area contributed by atoms with E-state index in [0.29, 0.717) is 30.1 Å². The summed E-state index contributed by atoms with van der Waals surface area (Å²) in [6, 6.07) is 0.745. The molecular formula is C31H48N2O7. The van der Waals surface area contributed by atoms with Gasteiger partial charge in [0.05, 0.1) is 13.0 Å². The number of rotatable bonds is 11. The molecule has 9 nitrogen and oxygen atoms in total. The lowest BCUT2D eigenvalue weighted by Crippen LogP contribution is -2.44. The van der Waals surface area contributed by atoms with E-state index in [0.717, 1.165) is 25.7 Å². The average Bonchev–Trinajstić information content (AvgIpc) is 3.45. The number of aromatic nitrogens is 1. The van der Waals surface area contributed by atoms with Crippen molar-refractivity contribution in [3.63, 3.8) is 0 Å². The topological polar surface area (TPSA) is 113 Å². The van der Waals surface area contributed by atoms with Crippen molar-refractivity contribution in [1.29, 1.82) is 0 Å². The average molecular weight is 561 g/mol. The molecule has 0 spiro atoms. The highest BCUT2D eigenvalue weighted by Crippen LogP contribution is 2.42. The van der Waals surface area contributed by atoms with Crippen LogP contribution in [0.25, 0.3) is 0 Å². The first kappa shape index (κ1) is 31.7. The Morgan fingerprint density at radius 3 is 2.48 bits per heavy atom. The summed E-state index contributed by atoms with van der Waals surface area (Å²) < 4.78 is 22.2. The number of hydrogen-bond acceptors (Lipinski definition) is 8. The van der Waals surface area contributed by atoms with Gasteiger partial charge in [-0.2, -0.15) is 0 Å². The Bertz CT molecular complexity index is 990. The van der Waals surface area contributed by atoms with Gasteiger partial charge < -0.3 is 24.3 Å². The number of cyclic esters (lactones) is 1. The van der Waals surface area contributed by atoms with Gasteiger partial charge in [-0.3, -0.25) is 9.59 Å². The predicted octanol–water partition coefficient (Wildman–Crippen LogP) is 5.70. The van der Waals surface area contributed by atoms with Gasteiger partial charge in [-0.1, -0.05) is 66.2 Å². The van der Waals surface area contributed by atoms with Gasteiger partial charge in [-0.05, 0) is 43.9 Å². The second-order valence-corrected chi connectivity index (χ2v) is 12.0. The van der Waals surface area contributed by atoms with Gasteiger partial charge in [-0.15, -0.1) is 0 Å². The lowest BCUT2D eigenvalue weighted by molar-refractivity contribution is -0.155. The third kappa shape index (κ3) is 8.58. The quantitative estimate of drug-likeness (QED) is 0.271. The number of carbonyl (C=O) groups excluding carboxylic acids is 3. The molecule has 0 radical (unpaired) electrons. The van der Waals surface area contributed by atoms with E-state index in [1.54, 1.807) is 19.9 Å². The van der Waals surface area contributed by atoms with Crippen molar-refractivity contribution in [1.82, 2.24) is 10.3 Å². The normalized spacial score (nSPS) is 24.1. The number of methoxy groups -OCH3 is 1. The maximum absolute atomic E-state index is 13.4. The van der Waals surface area contributed by atoms with Crippen LogP contribution in [0, 0.1) is 29.6 Å². The first-order chi connectivity index (χ1) is 19.1. The van der Waals surface area contributed by atoms with Crippen molar-refractivity contribution in [2.24, 2.45) is 29.6 Å². The number of pyridine rings is 1. The minimum Gasteiger partial charge on any atom is -0.493 e. The van der Waals surface area contributed by atoms with Crippen LogP contribution < -0.4 is 14.8 Å². The highest BCUT2D eigenvalue weighted by molar-refractivity contribution is 5.98. The van der Waals surface area contributed by atoms with Crippen molar-refractivity contribution in [3.8, 4) is 11.5 Å². The SMILES string of the molecule is COc1ccnc(C(=O)N[C@H]2CCC[C@H](CCC(C)C)[C@@H](C3CCCC3)[C@H](C)OC2=O)c1OCOC(=O)C(C)C. The Labute approximate surface area is 239 Å². The van der Waals surface area contributed by atoms with Gasteiger partial charge in [0.2, 0.25) is 6.79 Å². The van der Waals surface area contributed by atoms with E-state index < -0.39 is 30.7 Å². The van der Waals surface area contributed by atoms with Crippen LogP contribution in [0.15, 0.2) is 12.3 Å². The van der Waals surface area contributed by atoms with Crippen molar-refractivity contribution in [3.05, 3.63) is 18.0 Å². The van der Waals surface area contributed by atoms with E-state index in [2.05, 4.69) is 24.1 Å². The van der Waals surface area contributed by atoms with Gasteiger partial charge in [0.25, 0.3) is 5.91 Å². The lowest BCUT2D eigenvalue weighted by atomic mass is 9.73. The van der Waals surface area contributed by atoms with Crippen LogP contribution in [0.4, 0.5) is 0 Å². The van der Waals surface area contributed by atoms with Gasteiger partial charge in [-0.25, -0.2) is 9.78 Å². The first-order valence-electron chi connectivity index (χ1n) is 15.0. The van der Waals surface area contributed by atoms with E-state index in [-0.39, 0.29) is 29.2 Å². The number of ether oxygens (including phenoxy) is 4. The summed E-state index contributed by atoms with van der Waals surface area (Å²) >= 11 is 0. The summed E-state index contributed by atoms with van der Waals surface area (Å²) in [5.41, 5.74) is -0.0562. The minimum atomic E-state index is -0.803. The standard InChI is InChI=1S/C31H48N2O7/c1-19(2)14-15-23-12-9-13-24(31(36)40-21(5)26(23)22-10-7-8-11-22)33-29(34)27-28(25(37-6)16-17-32-27)38-18-39-30(35)20(3)4/h16-17,19-24,26H,7-15,18H2,1-6H3,(H,33,34)/t21-,23+,24-,26+/m0/s1. The summed E-state index contributed by atoms with van der Waals surface area (Å²) in [4.78, 5) is 42.8. The second-order valence-electron chi connectivity index (χ2n) is 12.0. The van der Waals surface area contributed by atoms with Gasteiger partial charge in [0, 0.05) is 18.2 Å². The molecule has 1 N–H and O–H groups in total. The molecule has 1 aromatic heterocycles. The Kier molecular flexibility index (Phi) is 12.1. The molecule has 1 saturated heterocycles. The zero-order valence-electron chi connectivity index (χ0n) is 25.1. The molecule has 3 rings (SSSR count). The summed E-state index contributed by atoms with van der Waals surface area (Å²) in [6.45, 7) is 9.57. The largest absolute Gasteiger partial charge is 0.493 e. The molecule has 1 aromatic rings. The Hall–Kier alpha value is -2.84. The monoisotopic (exact) mass is 560 g/mol. The molecule has 40 heavy (non-hydrogen) atoms. The summed E-state index contributed by atoms with van der Waals surface area (Å²) in [6.07, 6.45) is 10.7. The highest BCUT2D eigenvalue weighted by atomic mass is 16.7. The fourth-order valence-corrected chi connectivity index (χ4v) is 6.18. The molecule has 1 aliphatic carbocycles. The molecule has 1 aliphatic heterocycles. The minimum absolute atomic E-state index is 0.0407. The van der Waals surface area contributed by atoms with Crippen LogP contribution in [0.2, 0.25) is 0 Å². The molecule has 1 saturated carbocycles. The van der Waals surface area contributed by atoms with Gasteiger partial charge in [0.15, 0.2) is 17.2 Å². The molecule has 2 fully saturated rings. The Morgan fingerprint density at radius 1 is 1.10 bits per heavy atom. The number of nitrogens with zero attached hydrogens (tertiary/aromatic N) is 1. The Morgan fingerprint density at radius 2 is 1.82 bits per heavy atom. The molecule has 224 valence electrons. The lowest BCUT2D eigenvalue weighted by Gasteiger charge is -2.36. The first-order valence-corrected chi connectivity index (χ1v) is 15.0. The molecule has 4 atom stereocenters. The van der Waals surface area contributed by atoms with Gasteiger partial charge >= 0.3 is 11.9 Å². The van der Waals surface area contributed by atoms with Crippen molar-refractivity contribution < 1.29 is 33.3 Å². The maximum Gasteiger partial charge on any atom is 0.328 e. The van der Waals surface area contributed by atoms with E-state index >= 15 is 0 Å². The summed E-state index contributed by atoms with van der Waals surface area (Å²) in [5, 5.41) is 2.84. The zero-order valence-corrected chi connectivity index (χ0v) is 25.1. The molecule has 0 unspecified atom stereocenters. The second kappa shape index (κ2) is 15.2. The number of esters is 2. The number of amides is 1. The molecule has 0 aromatic carbocycles. The summed E-state index contributed by atoms with van der Waals surface area (Å²) in [7, 11) is 1.44. The molecule has 2 aliphatic rings. The van der Waals surface area contributed by atoms with Crippen LogP contribution in [0.1, 0.15) is 103 Å². The van der Waals surface area contributed by atoms with E-state index in [9.17, 15) is 14.4 Å². The van der Waals surface area contributed by atoms with Gasteiger partial charge in [0.1, 0.15) is 12.1 Å². The molecule has 9 heteroatoms. The zero-order chi connectivity index (χ0) is 29.2. The molecular weight excluding hydrogens is 512 g/mol. The molecule has 1 amide bonds. The third-order valence-corrected chi connectivity index (χ3v) is 8.28. The van der Waals surface area contributed by atoms with E-state index in [1.807, 2.05) is 6.92 Å². The fraction of sp³-hybridized carbons (Fsp3) is 0.742. The molecule has 0 bridgehead atoms. The predicted molar refractivity (Wildman–Crippen MR) is 151 cm³/mol. The number of nitrogens with one attached hydrogen (secondary N) is 1. The van der Waals surface area contributed by atoms with Crippen molar-refractivity contribution in [2.75, 3.05) is 13.9 Å². The fourth-order valence-electron chi connectivity index (χ4n) is 6.18. The number of hydrogen-bond donors (Lipinski definition) is 1. The van der Waals surface area contributed by atoms with Crippen LogP contribution in [-0.4, -0.2) is 48.9 Å².